The molecule has 2 amide bonds. The van der Waals surface area contributed by atoms with Gasteiger partial charge < -0.3 is 4.74 Å². The van der Waals surface area contributed by atoms with Gasteiger partial charge in [0.15, 0.2) is 0 Å². The van der Waals surface area contributed by atoms with Crippen molar-refractivity contribution in [3.8, 4) is 0 Å². The first-order valence-corrected chi connectivity index (χ1v) is 9.34. The lowest BCUT2D eigenvalue weighted by atomic mass is 10.0. The first-order chi connectivity index (χ1) is 13.1. The van der Waals surface area contributed by atoms with Crippen LogP contribution in [0.3, 0.4) is 0 Å². The zero-order chi connectivity index (χ0) is 20.6. The molecule has 0 N–H and O–H groups in total. The molecule has 1 aliphatic heterocycles. The fraction of sp³-hybridized carbons (Fsp3) is 0.238. The average molecular weight is 422 g/mol. The van der Waals surface area contributed by atoms with E-state index in [9.17, 15) is 14.0 Å². The first-order valence-electron chi connectivity index (χ1n) is 8.58. The number of nitrogens with zero attached hydrogens (tertiary/aromatic N) is 1. The summed E-state index contributed by atoms with van der Waals surface area (Å²) in [6, 6.07) is 9.03. The molecule has 0 atom stereocenters. The first kappa shape index (κ1) is 20.4. The van der Waals surface area contributed by atoms with Crippen LogP contribution >= 0.6 is 23.2 Å². The van der Waals surface area contributed by atoms with Crippen LogP contribution in [0.15, 0.2) is 42.5 Å². The molecular formula is C21H18Cl2FNO3. The molecule has 2 aromatic carbocycles. The predicted octanol–water partition coefficient (Wildman–Crippen LogP) is 6.04. The van der Waals surface area contributed by atoms with Crippen LogP contribution in [0.5, 0.6) is 0 Å². The van der Waals surface area contributed by atoms with Gasteiger partial charge in [-0.05, 0) is 63.1 Å². The minimum atomic E-state index is -0.793. The minimum absolute atomic E-state index is 0.137. The van der Waals surface area contributed by atoms with Gasteiger partial charge in [0.25, 0.3) is 5.91 Å². The Morgan fingerprint density at radius 3 is 2.46 bits per heavy atom. The molecule has 4 nitrogen and oxygen atoms in total. The molecule has 0 aromatic heterocycles. The Bertz CT molecular complexity index is 996. The van der Waals surface area contributed by atoms with Crippen molar-refractivity contribution >= 4 is 46.5 Å². The fourth-order valence-corrected chi connectivity index (χ4v) is 3.22. The maximum atomic E-state index is 14.0. The number of hydrogen-bond acceptors (Lipinski definition) is 3. The zero-order valence-corrected chi connectivity index (χ0v) is 17.1. The number of amides is 2. The molecule has 3 rings (SSSR count). The number of carbonyl (C=O) groups excluding carboxylic acids is 2. The van der Waals surface area contributed by atoms with Crippen molar-refractivity contribution in [2.24, 2.45) is 0 Å². The average Bonchev–Trinajstić information content (AvgIpc) is 2.85. The largest absolute Gasteiger partial charge is 0.443 e. The van der Waals surface area contributed by atoms with E-state index in [1.165, 1.54) is 24.3 Å². The van der Waals surface area contributed by atoms with E-state index in [1.807, 2.05) is 0 Å². The van der Waals surface area contributed by atoms with Crippen molar-refractivity contribution in [3.05, 3.63) is 69.5 Å². The lowest BCUT2D eigenvalue weighted by molar-refractivity contribution is -0.112. The third-order valence-electron chi connectivity index (χ3n) is 4.03. The highest BCUT2D eigenvalue weighted by Gasteiger charge is 2.39. The topological polar surface area (TPSA) is 46.6 Å². The Hall–Kier alpha value is -2.37. The Labute approximate surface area is 172 Å². The number of anilines is 1. The molecule has 0 saturated heterocycles. The van der Waals surface area contributed by atoms with Crippen LogP contribution in [0.4, 0.5) is 14.9 Å². The third-order valence-corrected chi connectivity index (χ3v) is 4.50. The van der Waals surface area contributed by atoms with Crippen LogP contribution in [0.1, 0.15) is 31.9 Å². The molecule has 1 heterocycles. The summed E-state index contributed by atoms with van der Waals surface area (Å²) in [5, 5.41) is 0.775. The summed E-state index contributed by atoms with van der Waals surface area (Å²) in [5.74, 6) is -0.971. The van der Waals surface area contributed by atoms with Crippen LogP contribution in [-0.2, 0) is 16.0 Å². The summed E-state index contributed by atoms with van der Waals surface area (Å²) in [5.41, 5.74) is 0.718. The van der Waals surface area contributed by atoms with Gasteiger partial charge >= 0.3 is 6.09 Å². The summed E-state index contributed by atoms with van der Waals surface area (Å²) < 4.78 is 19.4. The monoisotopic (exact) mass is 421 g/mol. The number of halogens is 3. The van der Waals surface area contributed by atoms with Gasteiger partial charge in [-0.1, -0.05) is 35.3 Å². The van der Waals surface area contributed by atoms with E-state index >= 15 is 0 Å². The van der Waals surface area contributed by atoms with E-state index in [0.717, 1.165) is 4.90 Å². The molecule has 7 heteroatoms. The van der Waals surface area contributed by atoms with Crippen LogP contribution in [0.25, 0.3) is 5.57 Å². The van der Waals surface area contributed by atoms with Crippen LogP contribution in [-0.4, -0.2) is 17.6 Å². The second-order valence-corrected chi connectivity index (χ2v) is 8.21. The molecule has 0 spiro atoms. The number of ether oxygens (including phenoxy) is 1. The standard InChI is InChI=1S/C21H18Cl2FNO3/c1-21(2,3)28-20(27)25-18-11-14(23)5-8-15(18)16(19(25)26)7-4-12-10-13(22)6-9-17(12)24/h5-11H,4H2,1-3H3/b16-7+. The summed E-state index contributed by atoms with van der Waals surface area (Å²) in [7, 11) is 0. The number of imide groups is 1. The summed E-state index contributed by atoms with van der Waals surface area (Å²) in [4.78, 5) is 26.5. The third kappa shape index (κ3) is 4.21. The van der Waals surface area contributed by atoms with Crippen LogP contribution in [0, 0.1) is 5.82 Å². The Morgan fingerprint density at radius 1 is 1.14 bits per heavy atom. The van der Waals surface area contributed by atoms with Crippen molar-refractivity contribution < 1.29 is 18.7 Å². The van der Waals surface area contributed by atoms with Gasteiger partial charge in [-0.3, -0.25) is 4.79 Å². The van der Waals surface area contributed by atoms with Crippen molar-refractivity contribution in [2.45, 2.75) is 32.8 Å². The van der Waals surface area contributed by atoms with E-state index < -0.39 is 23.4 Å². The highest BCUT2D eigenvalue weighted by Crippen LogP contribution is 2.39. The zero-order valence-electron chi connectivity index (χ0n) is 15.6. The number of benzene rings is 2. The summed E-state index contributed by atoms with van der Waals surface area (Å²) in [6.07, 6.45) is 0.921. The SMILES string of the molecule is CC(C)(C)OC(=O)N1C(=O)/C(=C/Cc2cc(Cl)ccc2F)c2ccc(Cl)cc21. The Balaban J connectivity index is 2.00. The molecular weight excluding hydrogens is 404 g/mol. The second kappa shape index (κ2) is 7.57. The van der Waals surface area contributed by atoms with Crippen LogP contribution < -0.4 is 4.90 Å². The molecule has 0 saturated carbocycles. The number of carbonyl (C=O) groups is 2. The molecule has 0 radical (unpaired) electrons. The van der Waals surface area contributed by atoms with E-state index in [-0.39, 0.29) is 12.0 Å². The Kier molecular flexibility index (Phi) is 5.50. The Morgan fingerprint density at radius 2 is 1.79 bits per heavy atom. The molecule has 28 heavy (non-hydrogen) atoms. The highest BCUT2D eigenvalue weighted by molar-refractivity contribution is 6.40. The lowest BCUT2D eigenvalue weighted by Gasteiger charge is -2.23. The maximum absolute atomic E-state index is 14.0. The van der Waals surface area contributed by atoms with Gasteiger partial charge in [0, 0.05) is 21.2 Å². The molecule has 1 aliphatic rings. The van der Waals surface area contributed by atoms with Crippen molar-refractivity contribution in [3.63, 3.8) is 0 Å². The quantitative estimate of drug-likeness (QED) is 0.555. The number of rotatable bonds is 2. The van der Waals surface area contributed by atoms with E-state index in [1.54, 1.807) is 39.0 Å². The van der Waals surface area contributed by atoms with Crippen molar-refractivity contribution in [1.82, 2.24) is 0 Å². The van der Waals surface area contributed by atoms with E-state index in [2.05, 4.69) is 0 Å². The van der Waals surface area contributed by atoms with Gasteiger partial charge in [-0.2, -0.15) is 0 Å². The molecule has 0 aliphatic carbocycles. The van der Waals surface area contributed by atoms with Gasteiger partial charge in [0.05, 0.1) is 5.69 Å². The van der Waals surface area contributed by atoms with Gasteiger partial charge in [-0.25, -0.2) is 14.1 Å². The van der Waals surface area contributed by atoms with Gasteiger partial charge in [0.1, 0.15) is 11.4 Å². The van der Waals surface area contributed by atoms with Gasteiger partial charge in [0.2, 0.25) is 0 Å². The minimum Gasteiger partial charge on any atom is -0.443 e. The molecule has 146 valence electrons. The highest BCUT2D eigenvalue weighted by atomic mass is 35.5. The number of hydrogen-bond donors (Lipinski definition) is 0. The summed E-state index contributed by atoms with van der Waals surface area (Å²) in [6.45, 7) is 5.13. The van der Waals surface area contributed by atoms with E-state index in [4.69, 9.17) is 27.9 Å². The van der Waals surface area contributed by atoms with Gasteiger partial charge in [-0.15, -0.1) is 0 Å². The normalized spacial score (nSPS) is 15.1. The predicted molar refractivity (Wildman–Crippen MR) is 108 cm³/mol. The molecule has 0 fully saturated rings. The van der Waals surface area contributed by atoms with E-state index in [0.29, 0.717) is 26.9 Å². The number of fused-ring (bicyclic) bond motifs is 1. The summed E-state index contributed by atoms with van der Waals surface area (Å²) >= 11 is 12.0. The maximum Gasteiger partial charge on any atom is 0.422 e. The second-order valence-electron chi connectivity index (χ2n) is 7.34. The molecule has 0 unspecified atom stereocenters. The fourth-order valence-electron chi connectivity index (χ4n) is 2.86. The smallest absolute Gasteiger partial charge is 0.422 e. The lowest BCUT2D eigenvalue weighted by Crippen LogP contribution is -2.38. The van der Waals surface area contributed by atoms with Crippen LogP contribution in [0.2, 0.25) is 10.0 Å². The molecule has 2 aromatic rings. The number of allylic oxidation sites excluding steroid dienone is 1. The van der Waals surface area contributed by atoms with Crippen molar-refractivity contribution in [2.75, 3.05) is 4.90 Å². The molecule has 0 bridgehead atoms. The van der Waals surface area contributed by atoms with Crippen molar-refractivity contribution in [1.29, 1.82) is 0 Å².